The Hall–Kier alpha value is -2.49. The van der Waals surface area contributed by atoms with E-state index in [1.807, 2.05) is 42.5 Å². The molecule has 0 fully saturated rings. The Labute approximate surface area is 131 Å². The monoisotopic (exact) mass is 298 g/mol. The van der Waals surface area contributed by atoms with Crippen LogP contribution in [0.3, 0.4) is 0 Å². The molecule has 2 aromatic carbocycles. The van der Waals surface area contributed by atoms with E-state index in [0.717, 1.165) is 24.5 Å². The highest BCUT2D eigenvalue weighted by atomic mass is 16.5. The number of ether oxygens (including phenoxy) is 1. The molecule has 0 aromatic heterocycles. The molecule has 0 unspecified atom stereocenters. The van der Waals surface area contributed by atoms with Crippen LogP contribution in [0, 0.1) is 0 Å². The van der Waals surface area contributed by atoms with Gasteiger partial charge in [-0.05, 0) is 37.6 Å². The van der Waals surface area contributed by atoms with Gasteiger partial charge in [0.2, 0.25) is 0 Å². The number of carbonyl (C=O) groups is 1. The maximum Gasteiger partial charge on any atom is 0.411 e. The first-order valence-electron chi connectivity index (χ1n) is 7.55. The molecule has 1 N–H and O–H groups in total. The van der Waals surface area contributed by atoms with Crippen molar-refractivity contribution < 1.29 is 9.53 Å². The van der Waals surface area contributed by atoms with Gasteiger partial charge in [-0.1, -0.05) is 36.4 Å². The Kier molecular flexibility index (Phi) is 5.83. The highest BCUT2D eigenvalue weighted by molar-refractivity contribution is 5.85. The zero-order valence-electron chi connectivity index (χ0n) is 13.1. The van der Waals surface area contributed by atoms with Gasteiger partial charge in [0.05, 0.1) is 6.61 Å². The lowest BCUT2D eigenvalue weighted by Gasteiger charge is -2.24. The predicted molar refractivity (Wildman–Crippen MR) is 90.3 cm³/mol. The van der Waals surface area contributed by atoms with Crippen LogP contribution in [0.5, 0.6) is 0 Å². The number of nitrogens with one attached hydrogen (secondary N) is 1. The van der Waals surface area contributed by atoms with E-state index in [9.17, 15) is 4.79 Å². The van der Waals surface area contributed by atoms with E-state index in [-0.39, 0.29) is 0 Å². The molecule has 0 aliphatic rings. The highest BCUT2D eigenvalue weighted by Gasteiger charge is 2.08. The first-order chi connectivity index (χ1) is 10.7. The maximum atomic E-state index is 11.5. The van der Waals surface area contributed by atoms with Gasteiger partial charge in [0.25, 0.3) is 0 Å². The smallest absolute Gasteiger partial charge is 0.411 e. The van der Waals surface area contributed by atoms with Gasteiger partial charge in [-0.2, -0.15) is 0 Å². The Morgan fingerprint density at radius 3 is 2.55 bits per heavy atom. The number of nitrogens with zero attached hydrogens (tertiary/aromatic N) is 1. The molecule has 2 rings (SSSR count). The van der Waals surface area contributed by atoms with Crippen molar-refractivity contribution in [1.82, 2.24) is 0 Å². The van der Waals surface area contributed by atoms with Crippen molar-refractivity contribution in [3.8, 4) is 0 Å². The second kappa shape index (κ2) is 8.08. The van der Waals surface area contributed by atoms with Crippen LogP contribution in [0.25, 0.3) is 0 Å². The summed E-state index contributed by atoms with van der Waals surface area (Å²) >= 11 is 0. The number of benzene rings is 2. The van der Waals surface area contributed by atoms with Crippen LogP contribution < -0.4 is 10.2 Å². The molecule has 4 heteroatoms. The summed E-state index contributed by atoms with van der Waals surface area (Å²) in [7, 11) is 0. The van der Waals surface area contributed by atoms with Crippen LogP contribution in [-0.4, -0.2) is 19.2 Å². The average molecular weight is 298 g/mol. The van der Waals surface area contributed by atoms with E-state index in [2.05, 4.69) is 29.3 Å². The molecule has 4 nitrogen and oxygen atoms in total. The number of rotatable bonds is 6. The van der Waals surface area contributed by atoms with Crippen LogP contribution in [0.2, 0.25) is 0 Å². The summed E-state index contributed by atoms with van der Waals surface area (Å²) in [5.41, 5.74) is 3.07. The summed E-state index contributed by atoms with van der Waals surface area (Å²) in [6.07, 6.45) is -0.425. The first kappa shape index (κ1) is 15.9. The third-order valence-electron chi connectivity index (χ3n) is 3.33. The lowest BCUT2D eigenvalue weighted by molar-refractivity contribution is 0.168. The van der Waals surface area contributed by atoms with Crippen molar-refractivity contribution in [2.24, 2.45) is 0 Å². The standard InChI is InChI=1S/C18H22N2O2/c1-3-20(14-15-9-6-5-7-10-15)17-12-8-11-16(13-17)19-18(21)22-4-2/h5-13H,3-4,14H2,1-2H3,(H,19,21). The van der Waals surface area contributed by atoms with Gasteiger partial charge >= 0.3 is 6.09 Å². The normalized spacial score (nSPS) is 10.1. The maximum absolute atomic E-state index is 11.5. The van der Waals surface area contributed by atoms with Gasteiger partial charge in [0.1, 0.15) is 0 Å². The van der Waals surface area contributed by atoms with Crippen LogP contribution in [0.15, 0.2) is 54.6 Å². The Morgan fingerprint density at radius 2 is 1.86 bits per heavy atom. The van der Waals surface area contributed by atoms with Crippen LogP contribution in [0.4, 0.5) is 16.2 Å². The van der Waals surface area contributed by atoms with Gasteiger partial charge in [0.15, 0.2) is 0 Å². The number of hydrogen-bond donors (Lipinski definition) is 1. The van der Waals surface area contributed by atoms with E-state index >= 15 is 0 Å². The van der Waals surface area contributed by atoms with Crippen LogP contribution in [0.1, 0.15) is 19.4 Å². The van der Waals surface area contributed by atoms with Crippen molar-refractivity contribution in [3.05, 3.63) is 60.2 Å². The number of carbonyl (C=O) groups excluding carboxylic acids is 1. The topological polar surface area (TPSA) is 41.6 Å². The van der Waals surface area contributed by atoms with Gasteiger partial charge in [-0.3, -0.25) is 5.32 Å². The van der Waals surface area contributed by atoms with E-state index in [0.29, 0.717) is 6.61 Å². The second-order valence-electron chi connectivity index (χ2n) is 4.90. The largest absolute Gasteiger partial charge is 0.450 e. The van der Waals surface area contributed by atoms with Crippen molar-refractivity contribution >= 4 is 17.5 Å². The predicted octanol–water partition coefficient (Wildman–Crippen LogP) is 4.28. The minimum Gasteiger partial charge on any atom is -0.450 e. The zero-order valence-corrected chi connectivity index (χ0v) is 13.1. The van der Waals surface area contributed by atoms with Crippen molar-refractivity contribution in [2.45, 2.75) is 20.4 Å². The van der Waals surface area contributed by atoms with E-state index < -0.39 is 6.09 Å². The molecule has 0 atom stereocenters. The fourth-order valence-corrected chi connectivity index (χ4v) is 2.25. The molecule has 22 heavy (non-hydrogen) atoms. The fraction of sp³-hybridized carbons (Fsp3) is 0.278. The van der Waals surface area contributed by atoms with Gasteiger partial charge < -0.3 is 9.64 Å². The van der Waals surface area contributed by atoms with Crippen molar-refractivity contribution in [1.29, 1.82) is 0 Å². The molecule has 0 aliphatic heterocycles. The van der Waals surface area contributed by atoms with E-state index in [1.165, 1.54) is 5.56 Å². The summed E-state index contributed by atoms with van der Waals surface area (Å²) < 4.78 is 4.90. The summed E-state index contributed by atoms with van der Waals surface area (Å²) in [5, 5.41) is 2.74. The minimum atomic E-state index is -0.425. The average Bonchev–Trinajstić information content (AvgIpc) is 2.54. The molecule has 0 spiro atoms. The highest BCUT2D eigenvalue weighted by Crippen LogP contribution is 2.21. The Bertz CT molecular complexity index is 599. The number of anilines is 2. The fourth-order valence-electron chi connectivity index (χ4n) is 2.25. The van der Waals surface area contributed by atoms with Crippen molar-refractivity contribution in [2.75, 3.05) is 23.4 Å². The lowest BCUT2D eigenvalue weighted by Crippen LogP contribution is -2.22. The molecule has 0 aliphatic carbocycles. The number of hydrogen-bond acceptors (Lipinski definition) is 3. The Morgan fingerprint density at radius 1 is 1.09 bits per heavy atom. The molecule has 116 valence electrons. The first-order valence-corrected chi connectivity index (χ1v) is 7.55. The van der Waals surface area contributed by atoms with E-state index in [4.69, 9.17) is 4.74 Å². The lowest BCUT2D eigenvalue weighted by atomic mass is 10.2. The summed E-state index contributed by atoms with van der Waals surface area (Å²) in [4.78, 5) is 13.8. The minimum absolute atomic E-state index is 0.362. The second-order valence-corrected chi connectivity index (χ2v) is 4.90. The third kappa shape index (κ3) is 4.52. The van der Waals surface area contributed by atoms with Gasteiger partial charge in [0, 0.05) is 24.5 Å². The summed E-state index contributed by atoms with van der Waals surface area (Å²) in [6.45, 7) is 5.99. The molecule has 1 amide bonds. The molecule has 0 bridgehead atoms. The van der Waals surface area contributed by atoms with Gasteiger partial charge in [-0.15, -0.1) is 0 Å². The van der Waals surface area contributed by atoms with Gasteiger partial charge in [-0.25, -0.2) is 4.79 Å². The Balaban J connectivity index is 2.10. The molecular weight excluding hydrogens is 276 g/mol. The number of amides is 1. The quantitative estimate of drug-likeness (QED) is 0.865. The molecule has 0 saturated carbocycles. The van der Waals surface area contributed by atoms with E-state index in [1.54, 1.807) is 6.92 Å². The molecular formula is C18H22N2O2. The molecule has 2 aromatic rings. The summed E-state index contributed by atoms with van der Waals surface area (Å²) in [6, 6.07) is 18.1. The SMILES string of the molecule is CCOC(=O)Nc1cccc(N(CC)Cc2ccccc2)c1. The molecule has 0 saturated heterocycles. The summed E-state index contributed by atoms with van der Waals surface area (Å²) in [5.74, 6) is 0. The third-order valence-corrected chi connectivity index (χ3v) is 3.33. The molecule has 0 heterocycles. The van der Waals surface area contributed by atoms with Crippen LogP contribution in [-0.2, 0) is 11.3 Å². The zero-order chi connectivity index (χ0) is 15.8. The van der Waals surface area contributed by atoms with Crippen LogP contribution >= 0.6 is 0 Å². The molecule has 0 radical (unpaired) electrons. The van der Waals surface area contributed by atoms with Crippen molar-refractivity contribution in [3.63, 3.8) is 0 Å².